The molecule has 0 atom stereocenters. The van der Waals surface area contributed by atoms with Crippen LogP contribution in [0.4, 0.5) is 14.5 Å². The lowest BCUT2D eigenvalue weighted by Crippen LogP contribution is -2.04. The molecule has 2 aromatic carbocycles. The number of hydrogen-bond donors (Lipinski definition) is 1. The Bertz CT molecular complexity index is 584. The number of hydrogen-bond acceptors (Lipinski definition) is 2. The third-order valence-corrected chi connectivity index (χ3v) is 2.92. The molecule has 0 aromatic heterocycles. The van der Waals surface area contributed by atoms with Gasteiger partial charge in [-0.15, -0.1) is 0 Å². The van der Waals surface area contributed by atoms with Gasteiger partial charge in [-0.3, -0.25) is 0 Å². The van der Waals surface area contributed by atoms with Crippen LogP contribution >= 0.6 is 0 Å². The first-order valence-electron chi connectivity index (χ1n) is 5.93. The molecule has 2 rings (SSSR count). The average molecular weight is 263 g/mol. The predicted molar refractivity (Wildman–Crippen MR) is 71.4 cm³/mol. The number of ether oxygens (including phenoxy) is 1. The molecule has 0 fully saturated rings. The van der Waals surface area contributed by atoms with Gasteiger partial charge >= 0.3 is 0 Å². The Kier molecular flexibility index (Phi) is 4.00. The second kappa shape index (κ2) is 5.69. The lowest BCUT2D eigenvalue weighted by molar-refractivity contribution is 0.384. The second-order valence-electron chi connectivity index (χ2n) is 4.25. The molecular formula is C15H15F2NO. The van der Waals surface area contributed by atoms with E-state index in [4.69, 9.17) is 4.74 Å². The molecule has 0 bridgehead atoms. The van der Waals surface area contributed by atoms with E-state index in [9.17, 15) is 8.78 Å². The zero-order chi connectivity index (χ0) is 13.8. The highest BCUT2D eigenvalue weighted by Crippen LogP contribution is 2.22. The maximum absolute atomic E-state index is 13.9. The smallest absolute Gasteiger partial charge is 0.170 e. The minimum absolute atomic E-state index is 0.218. The molecule has 0 aliphatic carbocycles. The van der Waals surface area contributed by atoms with Crippen molar-refractivity contribution in [1.82, 2.24) is 0 Å². The van der Waals surface area contributed by atoms with E-state index in [2.05, 4.69) is 5.32 Å². The van der Waals surface area contributed by atoms with Crippen LogP contribution in [0, 0.1) is 18.6 Å². The summed E-state index contributed by atoms with van der Waals surface area (Å²) in [5, 5.41) is 3.09. The number of anilines is 1. The molecule has 0 heterocycles. The number of benzene rings is 2. The van der Waals surface area contributed by atoms with Gasteiger partial charge in [-0.05, 0) is 36.8 Å². The normalized spacial score (nSPS) is 10.3. The summed E-state index contributed by atoms with van der Waals surface area (Å²) in [7, 11) is 1.43. The molecular weight excluding hydrogens is 248 g/mol. The molecule has 0 saturated carbocycles. The van der Waals surface area contributed by atoms with Gasteiger partial charge in [-0.2, -0.15) is 0 Å². The quantitative estimate of drug-likeness (QED) is 0.903. The first-order chi connectivity index (χ1) is 9.11. The molecule has 0 aliphatic heterocycles. The molecule has 0 aliphatic rings. The van der Waals surface area contributed by atoms with Crippen LogP contribution in [0.5, 0.6) is 5.75 Å². The summed E-state index contributed by atoms with van der Waals surface area (Å²) in [4.78, 5) is 0. The monoisotopic (exact) mass is 263 g/mol. The fraction of sp³-hybridized carbons (Fsp3) is 0.200. The van der Waals surface area contributed by atoms with Crippen LogP contribution in [-0.4, -0.2) is 7.11 Å². The Morgan fingerprint density at radius 2 is 1.95 bits per heavy atom. The molecule has 100 valence electrons. The zero-order valence-electron chi connectivity index (χ0n) is 10.8. The van der Waals surface area contributed by atoms with Crippen molar-refractivity contribution in [2.45, 2.75) is 13.5 Å². The number of halogens is 2. The third-order valence-electron chi connectivity index (χ3n) is 2.92. The maximum atomic E-state index is 13.9. The fourth-order valence-electron chi connectivity index (χ4n) is 1.87. The van der Waals surface area contributed by atoms with Gasteiger partial charge in [0.2, 0.25) is 0 Å². The number of nitrogens with one attached hydrogen (secondary N) is 1. The number of rotatable bonds is 4. The van der Waals surface area contributed by atoms with E-state index in [-0.39, 0.29) is 17.4 Å². The lowest BCUT2D eigenvalue weighted by atomic mass is 10.1. The van der Waals surface area contributed by atoms with Crippen LogP contribution in [0.3, 0.4) is 0 Å². The van der Waals surface area contributed by atoms with Gasteiger partial charge in [0.15, 0.2) is 11.6 Å². The Labute approximate surface area is 111 Å². The molecule has 4 heteroatoms. The Morgan fingerprint density at radius 1 is 1.16 bits per heavy atom. The second-order valence-corrected chi connectivity index (χ2v) is 4.25. The molecule has 0 unspecified atom stereocenters. The van der Waals surface area contributed by atoms with Crippen LogP contribution in [0.15, 0.2) is 36.4 Å². The number of aryl methyl sites for hydroxylation is 1. The van der Waals surface area contributed by atoms with E-state index in [1.165, 1.54) is 19.2 Å². The molecule has 2 nitrogen and oxygen atoms in total. The van der Waals surface area contributed by atoms with Gasteiger partial charge < -0.3 is 10.1 Å². The summed E-state index contributed by atoms with van der Waals surface area (Å²) in [5.74, 6) is -0.442. The van der Waals surface area contributed by atoms with Crippen LogP contribution < -0.4 is 10.1 Å². The van der Waals surface area contributed by atoms with E-state index >= 15 is 0 Å². The standard InChI is InChI=1S/C15H15F2NO/c1-10-8-12(16)6-7-13(10)18-9-11-4-3-5-14(19-2)15(11)17/h3-8,18H,9H2,1-2H3. The zero-order valence-corrected chi connectivity index (χ0v) is 10.8. The van der Waals surface area contributed by atoms with Crippen molar-refractivity contribution in [2.75, 3.05) is 12.4 Å². The van der Waals surface area contributed by atoms with Crippen molar-refractivity contribution in [3.05, 3.63) is 59.2 Å². The Balaban J connectivity index is 2.14. The highest BCUT2D eigenvalue weighted by atomic mass is 19.1. The maximum Gasteiger partial charge on any atom is 0.170 e. The van der Waals surface area contributed by atoms with Crippen LogP contribution in [0.25, 0.3) is 0 Å². The molecule has 0 radical (unpaired) electrons. The van der Waals surface area contributed by atoms with Gasteiger partial charge in [0.25, 0.3) is 0 Å². The minimum atomic E-state index is -0.378. The Morgan fingerprint density at radius 3 is 2.63 bits per heavy atom. The fourth-order valence-corrected chi connectivity index (χ4v) is 1.87. The highest BCUT2D eigenvalue weighted by Gasteiger charge is 2.08. The van der Waals surface area contributed by atoms with Crippen molar-refractivity contribution in [2.24, 2.45) is 0 Å². The first kappa shape index (κ1) is 13.3. The summed E-state index contributed by atoms with van der Waals surface area (Å²) >= 11 is 0. The van der Waals surface area contributed by atoms with Crippen molar-refractivity contribution >= 4 is 5.69 Å². The van der Waals surface area contributed by atoms with Crippen molar-refractivity contribution in [3.63, 3.8) is 0 Å². The molecule has 19 heavy (non-hydrogen) atoms. The topological polar surface area (TPSA) is 21.3 Å². The largest absolute Gasteiger partial charge is 0.494 e. The van der Waals surface area contributed by atoms with Crippen molar-refractivity contribution < 1.29 is 13.5 Å². The van der Waals surface area contributed by atoms with Gasteiger partial charge in [0, 0.05) is 17.8 Å². The van der Waals surface area contributed by atoms with Crippen molar-refractivity contribution in [1.29, 1.82) is 0 Å². The van der Waals surface area contributed by atoms with E-state index in [1.807, 2.05) is 0 Å². The summed E-state index contributed by atoms with van der Waals surface area (Å²) in [6.07, 6.45) is 0. The molecule has 0 amide bonds. The molecule has 1 N–H and O–H groups in total. The summed E-state index contributed by atoms with van der Waals surface area (Å²) in [6, 6.07) is 9.44. The van der Waals surface area contributed by atoms with E-state index in [1.54, 1.807) is 31.2 Å². The SMILES string of the molecule is COc1cccc(CNc2ccc(F)cc2C)c1F. The first-order valence-corrected chi connectivity index (χ1v) is 5.93. The number of methoxy groups -OCH3 is 1. The molecule has 2 aromatic rings. The van der Waals surface area contributed by atoms with Gasteiger partial charge in [-0.25, -0.2) is 8.78 Å². The van der Waals surface area contributed by atoms with Crippen molar-refractivity contribution in [3.8, 4) is 5.75 Å². The third kappa shape index (κ3) is 3.02. The van der Waals surface area contributed by atoms with Gasteiger partial charge in [-0.1, -0.05) is 12.1 Å². The Hall–Kier alpha value is -2.10. The minimum Gasteiger partial charge on any atom is -0.494 e. The summed E-state index contributed by atoms with van der Waals surface area (Å²) < 4.78 is 31.8. The average Bonchev–Trinajstić information content (AvgIpc) is 2.39. The lowest BCUT2D eigenvalue weighted by Gasteiger charge is -2.11. The van der Waals surface area contributed by atoms with Gasteiger partial charge in [0.05, 0.1) is 7.11 Å². The van der Waals surface area contributed by atoms with Crippen LogP contribution in [0.2, 0.25) is 0 Å². The van der Waals surface area contributed by atoms with E-state index in [0.29, 0.717) is 12.1 Å². The molecule has 0 spiro atoms. The van der Waals surface area contributed by atoms with Gasteiger partial charge in [0.1, 0.15) is 5.82 Å². The predicted octanol–water partition coefficient (Wildman–Crippen LogP) is 3.89. The van der Waals surface area contributed by atoms with Crippen LogP contribution in [-0.2, 0) is 6.54 Å². The van der Waals surface area contributed by atoms with E-state index in [0.717, 1.165) is 11.3 Å². The van der Waals surface area contributed by atoms with E-state index < -0.39 is 0 Å². The highest BCUT2D eigenvalue weighted by molar-refractivity contribution is 5.51. The molecule has 0 saturated heterocycles. The van der Waals surface area contributed by atoms with Crippen LogP contribution in [0.1, 0.15) is 11.1 Å². The summed E-state index contributed by atoms with van der Waals surface area (Å²) in [6.45, 7) is 2.11. The summed E-state index contributed by atoms with van der Waals surface area (Å²) in [5.41, 5.74) is 2.06.